The molecule has 128 valence electrons. The van der Waals surface area contributed by atoms with Crippen LogP contribution in [0.5, 0.6) is 11.8 Å². The highest BCUT2D eigenvalue weighted by atomic mass is 16.5. The summed E-state index contributed by atoms with van der Waals surface area (Å²) in [5.41, 5.74) is 1.07. The molecule has 8 nitrogen and oxygen atoms in total. The minimum absolute atomic E-state index is 0.447. The standard InChI is InChI=1S/C16H21N5O3/c1-22-13-10-14(23-2)20-16(19-13)18-11-12-4-3-5-17-15(12)21-6-8-24-9-7-21/h3-5,10H,6-9,11H2,1-2H3,(H,18,19,20). The average molecular weight is 331 g/mol. The van der Waals surface area contributed by atoms with Gasteiger partial charge in [-0.05, 0) is 6.07 Å². The number of ether oxygens (including phenoxy) is 3. The molecule has 1 aliphatic rings. The lowest BCUT2D eigenvalue weighted by Gasteiger charge is -2.29. The molecule has 1 aliphatic heterocycles. The molecule has 1 saturated heterocycles. The highest BCUT2D eigenvalue weighted by molar-refractivity contribution is 5.48. The van der Waals surface area contributed by atoms with E-state index in [-0.39, 0.29) is 0 Å². The Labute approximate surface area is 140 Å². The number of aromatic nitrogens is 3. The molecule has 1 N–H and O–H groups in total. The van der Waals surface area contributed by atoms with Gasteiger partial charge in [0.2, 0.25) is 17.7 Å². The van der Waals surface area contributed by atoms with Crippen LogP contribution in [0.4, 0.5) is 11.8 Å². The van der Waals surface area contributed by atoms with E-state index in [9.17, 15) is 0 Å². The van der Waals surface area contributed by atoms with Crippen LogP contribution in [-0.2, 0) is 11.3 Å². The first-order valence-electron chi connectivity index (χ1n) is 7.77. The highest BCUT2D eigenvalue weighted by Gasteiger charge is 2.16. The van der Waals surface area contributed by atoms with E-state index in [0.29, 0.717) is 24.3 Å². The first-order valence-corrected chi connectivity index (χ1v) is 7.77. The summed E-state index contributed by atoms with van der Waals surface area (Å²) < 4.78 is 15.7. The Morgan fingerprint density at radius 3 is 2.54 bits per heavy atom. The number of anilines is 2. The van der Waals surface area contributed by atoms with E-state index in [1.54, 1.807) is 26.5 Å². The quantitative estimate of drug-likeness (QED) is 0.849. The van der Waals surface area contributed by atoms with Crippen LogP contribution in [-0.4, -0.2) is 55.5 Å². The molecule has 0 aliphatic carbocycles. The highest BCUT2D eigenvalue weighted by Crippen LogP contribution is 2.21. The Morgan fingerprint density at radius 2 is 1.88 bits per heavy atom. The third-order valence-electron chi connectivity index (χ3n) is 3.71. The lowest BCUT2D eigenvalue weighted by molar-refractivity contribution is 0.122. The van der Waals surface area contributed by atoms with Gasteiger partial charge in [0, 0.05) is 31.4 Å². The van der Waals surface area contributed by atoms with Gasteiger partial charge in [0.25, 0.3) is 0 Å². The van der Waals surface area contributed by atoms with E-state index in [4.69, 9.17) is 14.2 Å². The monoisotopic (exact) mass is 331 g/mol. The van der Waals surface area contributed by atoms with Gasteiger partial charge in [-0.1, -0.05) is 6.07 Å². The van der Waals surface area contributed by atoms with Gasteiger partial charge in [0.05, 0.1) is 33.5 Å². The van der Waals surface area contributed by atoms with E-state index in [1.165, 1.54) is 0 Å². The van der Waals surface area contributed by atoms with Gasteiger partial charge in [-0.3, -0.25) is 0 Å². The topological polar surface area (TPSA) is 81.6 Å². The molecule has 0 saturated carbocycles. The zero-order chi connectivity index (χ0) is 16.8. The molecule has 0 amide bonds. The zero-order valence-electron chi connectivity index (χ0n) is 13.9. The summed E-state index contributed by atoms with van der Waals surface area (Å²) >= 11 is 0. The van der Waals surface area contributed by atoms with Crippen LogP contribution in [0.25, 0.3) is 0 Å². The lowest BCUT2D eigenvalue weighted by Crippen LogP contribution is -2.37. The molecule has 0 spiro atoms. The van der Waals surface area contributed by atoms with E-state index in [0.717, 1.165) is 37.7 Å². The van der Waals surface area contributed by atoms with Crippen molar-refractivity contribution in [3.8, 4) is 11.8 Å². The maximum atomic E-state index is 5.41. The van der Waals surface area contributed by atoms with E-state index >= 15 is 0 Å². The molecule has 0 unspecified atom stereocenters. The van der Waals surface area contributed by atoms with Crippen LogP contribution in [0.1, 0.15) is 5.56 Å². The lowest BCUT2D eigenvalue weighted by atomic mass is 10.2. The average Bonchev–Trinajstić information content (AvgIpc) is 2.67. The molecule has 1 fully saturated rings. The van der Waals surface area contributed by atoms with Crippen molar-refractivity contribution in [3.05, 3.63) is 30.0 Å². The SMILES string of the molecule is COc1cc(OC)nc(NCc2cccnc2N2CCOCC2)n1. The molecule has 2 aromatic rings. The second-order valence-electron chi connectivity index (χ2n) is 5.22. The number of nitrogens with zero attached hydrogens (tertiary/aromatic N) is 4. The first kappa shape index (κ1) is 16.3. The second kappa shape index (κ2) is 7.78. The van der Waals surface area contributed by atoms with Crippen molar-refractivity contribution in [1.82, 2.24) is 15.0 Å². The number of hydrogen-bond acceptors (Lipinski definition) is 8. The fourth-order valence-corrected chi connectivity index (χ4v) is 2.49. The van der Waals surface area contributed by atoms with Gasteiger partial charge in [0.1, 0.15) is 5.82 Å². The Morgan fingerprint density at radius 1 is 1.17 bits per heavy atom. The van der Waals surface area contributed by atoms with E-state index in [1.807, 2.05) is 12.1 Å². The van der Waals surface area contributed by atoms with Crippen LogP contribution < -0.4 is 19.7 Å². The summed E-state index contributed by atoms with van der Waals surface area (Å²) in [5.74, 6) is 2.30. The third kappa shape index (κ3) is 3.83. The first-order chi connectivity index (χ1) is 11.8. The molecule has 3 rings (SSSR count). The van der Waals surface area contributed by atoms with Crippen molar-refractivity contribution >= 4 is 11.8 Å². The van der Waals surface area contributed by atoms with Crippen LogP contribution in [0.15, 0.2) is 24.4 Å². The van der Waals surface area contributed by atoms with Crippen LogP contribution in [0, 0.1) is 0 Å². The number of hydrogen-bond donors (Lipinski definition) is 1. The van der Waals surface area contributed by atoms with Gasteiger partial charge in [-0.2, -0.15) is 9.97 Å². The minimum Gasteiger partial charge on any atom is -0.481 e. The molecule has 2 aromatic heterocycles. The normalized spacial score (nSPS) is 14.3. The van der Waals surface area contributed by atoms with Crippen molar-refractivity contribution in [2.45, 2.75) is 6.54 Å². The Kier molecular flexibility index (Phi) is 5.27. The number of nitrogens with one attached hydrogen (secondary N) is 1. The van der Waals surface area contributed by atoms with Gasteiger partial charge in [-0.15, -0.1) is 0 Å². The summed E-state index contributed by atoms with van der Waals surface area (Å²) in [6.07, 6.45) is 1.80. The molecule has 8 heteroatoms. The fourth-order valence-electron chi connectivity index (χ4n) is 2.49. The van der Waals surface area contributed by atoms with Crippen LogP contribution >= 0.6 is 0 Å². The van der Waals surface area contributed by atoms with Crippen molar-refractivity contribution in [2.75, 3.05) is 50.7 Å². The maximum Gasteiger partial charge on any atom is 0.229 e. The number of rotatable bonds is 6. The number of methoxy groups -OCH3 is 2. The molecule has 3 heterocycles. The number of pyridine rings is 1. The van der Waals surface area contributed by atoms with Crippen molar-refractivity contribution in [1.29, 1.82) is 0 Å². The molecular formula is C16H21N5O3. The predicted molar refractivity (Wildman–Crippen MR) is 89.7 cm³/mol. The maximum absolute atomic E-state index is 5.41. The second-order valence-corrected chi connectivity index (χ2v) is 5.22. The van der Waals surface area contributed by atoms with Crippen molar-refractivity contribution in [3.63, 3.8) is 0 Å². The van der Waals surface area contributed by atoms with Crippen molar-refractivity contribution in [2.24, 2.45) is 0 Å². The molecule has 0 radical (unpaired) electrons. The van der Waals surface area contributed by atoms with Crippen LogP contribution in [0.2, 0.25) is 0 Å². The summed E-state index contributed by atoms with van der Waals surface area (Å²) in [6.45, 7) is 3.68. The van der Waals surface area contributed by atoms with Crippen molar-refractivity contribution < 1.29 is 14.2 Å². The van der Waals surface area contributed by atoms with E-state index in [2.05, 4.69) is 25.2 Å². The Bertz CT molecular complexity index is 654. The molecule has 24 heavy (non-hydrogen) atoms. The molecular weight excluding hydrogens is 310 g/mol. The summed E-state index contributed by atoms with van der Waals surface area (Å²) in [5, 5.41) is 3.21. The fraction of sp³-hybridized carbons (Fsp3) is 0.438. The third-order valence-corrected chi connectivity index (χ3v) is 3.71. The summed E-state index contributed by atoms with van der Waals surface area (Å²) in [4.78, 5) is 15.3. The Balaban J connectivity index is 1.75. The smallest absolute Gasteiger partial charge is 0.229 e. The molecule has 0 atom stereocenters. The summed E-state index contributed by atoms with van der Waals surface area (Å²) in [6, 6.07) is 5.60. The summed E-state index contributed by atoms with van der Waals surface area (Å²) in [7, 11) is 3.12. The number of morpholine rings is 1. The Hall–Kier alpha value is -2.61. The van der Waals surface area contributed by atoms with Crippen LogP contribution in [0.3, 0.4) is 0 Å². The van der Waals surface area contributed by atoms with E-state index < -0.39 is 0 Å². The zero-order valence-corrected chi connectivity index (χ0v) is 13.9. The van der Waals surface area contributed by atoms with Gasteiger partial charge < -0.3 is 24.4 Å². The minimum atomic E-state index is 0.447. The van der Waals surface area contributed by atoms with Gasteiger partial charge in [-0.25, -0.2) is 4.98 Å². The van der Waals surface area contributed by atoms with Gasteiger partial charge >= 0.3 is 0 Å². The predicted octanol–water partition coefficient (Wildman–Crippen LogP) is 1.34. The largest absolute Gasteiger partial charge is 0.481 e. The molecule has 0 bridgehead atoms. The van der Waals surface area contributed by atoms with Gasteiger partial charge in [0.15, 0.2) is 0 Å². The molecule has 0 aromatic carbocycles.